The van der Waals surface area contributed by atoms with Gasteiger partial charge in [-0.3, -0.25) is 0 Å². The molecule has 1 heterocycles. The van der Waals surface area contributed by atoms with Crippen molar-refractivity contribution in [2.24, 2.45) is 0 Å². The van der Waals surface area contributed by atoms with Crippen molar-refractivity contribution >= 4 is 5.95 Å². The van der Waals surface area contributed by atoms with Crippen LogP contribution in [0, 0.1) is 0 Å². The highest BCUT2D eigenvalue weighted by molar-refractivity contribution is 5.31. The maximum Gasteiger partial charge on any atom is 0.225 e. The highest BCUT2D eigenvalue weighted by Crippen LogP contribution is 2.11. The van der Waals surface area contributed by atoms with E-state index in [-0.39, 0.29) is 6.04 Å². The van der Waals surface area contributed by atoms with Gasteiger partial charge in [-0.05, 0) is 20.4 Å². The Balaban J connectivity index is 2.69. The van der Waals surface area contributed by atoms with Crippen LogP contribution in [0.4, 0.5) is 5.95 Å². The minimum atomic E-state index is 0.277. The van der Waals surface area contributed by atoms with Crippen molar-refractivity contribution in [2.75, 3.05) is 31.7 Å². The third-order valence-corrected chi connectivity index (χ3v) is 2.81. The Kier molecular flexibility index (Phi) is 6.60. The zero-order valence-electron chi connectivity index (χ0n) is 11.8. The standard InChI is InChI=1S/C13H24N4O/c1-5-14-7-12-8-15-13(16-9-12)17(6-2)11(3)10-18-4/h8-9,11,14H,5-7,10H2,1-4H3. The Morgan fingerprint density at radius 1 is 1.33 bits per heavy atom. The fraction of sp³-hybridized carbons (Fsp3) is 0.692. The number of anilines is 1. The van der Waals surface area contributed by atoms with E-state index in [9.17, 15) is 0 Å². The quantitative estimate of drug-likeness (QED) is 0.759. The molecule has 1 N–H and O–H groups in total. The van der Waals surface area contributed by atoms with Crippen molar-refractivity contribution in [1.82, 2.24) is 15.3 Å². The van der Waals surface area contributed by atoms with E-state index in [1.165, 1.54) is 0 Å². The molecule has 0 amide bonds. The number of aromatic nitrogens is 2. The first-order chi connectivity index (χ1) is 8.72. The Labute approximate surface area is 110 Å². The van der Waals surface area contributed by atoms with Crippen LogP contribution < -0.4 is 10.2 Å². The van der Waals surface area contributed by atoms with Gasteiger partial charge in [-0.25, -0.2) is 9.97 Å². The van der Waals surface area contributed by atoms with Gasteiger partial charge in [-0.2, -0.15) is 0 Å². The topological polar surface area (TPSA) is 50.3 Å². The Bertz CT molecular complexity index is 328. The fourth-order valence-electron chi connectivity index (χ4n) is 1.84. The van der Waals surface area contributed by atoms with E-state index >= 15 is 0 Å². The Morgan fingerprint density at radius 2 is 2.00 bits per heavy atom. The molecule has 1 aromatic heterocycles. The lowest BCUT2D eigenvalue weighted by atomic mass is 10.3. The van der Waals surface area contributed by atoms with Gasteiger partial charge in [0.05, 0.1) is 12.6 Å². The molecule has 0 aliphatic carbocycles. The average molecular weight is 252 g/mol. The largest absolute Gasteiger partial charge is 0.383 e. The first-order valence-electron chi connectivity index (χ1n) is 6.50. The Morgan fingerprint density at radius 3 is 2.50 bits per heavy atom. The van der Waals surface area contributed by atoms with Gasteiger partial charge in [0, 0.05) is 38.2 Å². The minimum Gasteiger partial charge on any atom is -0.383 e. The fourth-order valence-corrected chi connectivity index (χ4v) is 1.84. The van der Waals surface area contributed by atoms with Gasteiger partial charge >= 0.3 is 0 Å². The van der Waals surface area contributed by atoms with Crippen LogP contribution in [0.15, 0.2) is 12.4 Å². The molecule has 0 aliphatic heterocycles. The normalized spacial score (nSPS) is 12.4. The monoisotopic (exact) mass is 252 g/mol. The molecule has 1 atom stereocenters. The van der Waals surface area contributed by atoms with E-state index in [1.807, 2.05) is 12.4 Å². The van der Waals surface area contributed by atoms with Crippen LogP contribution in [-0.4, -0.2) is 42.8 Å². The summed E-state index contributed by atoms with van der Waals surface area (Å²) in [6.45, 7) is 9.61. The van der Waals surface area contributed by atoms with Crippen molar-refractivity contribution in [1.29, 1.82) is 0 Å². The molecular formula is C13H24N4O. The zero-order chi connectivity index (χ0) is 13.4. The molecule has 5 heteroatoms. The number of rotatable bonds is 8. The first-order valence-corrected chi connectivity index (χ1v) is 6.50. The average Bonchev–Trinajstić information content (AvgIpc) is 2.39. The summed E-state index contributed by atoms with van der Waals surface area (Å²) in [5.41, 5.74) is 1.11. The van der Waals surface area contributed by atoms with Crippen molar-refractivity contribution in [3.05, 3.63) is 18.0 Å². The molecule has 0 aliphatic rings. The minimum absolute atomic E-state index is 0.277. The van der Waals surface area contributed by atoms with Gasteiger partial charge in [0.1, 0.15) is 0 Å². The van der Waals surface area contributed by atoms with Crippen LogP contribution in [0.25, 0.3) is 0 Å². The van der Waals surface area contributed by atoms with Gasteiger partial charge in [0.2, 0.25) is 5.95 Å². The highest BCUT2D eigenvalue weighted by atomic mass is 16.5. The SMILES string of the molecule is CCNCc1cnc(N(CC)C(C)COC)nc1. The van der Waals surface area contributed by atoms with Crippen molar-refractivity contribution in [3.8, 4) is 0 Å². The highest BCUT2D eigenvalue weighted by Gasteiger charge is 2.14. The number of hydrogen-bond acceptors (Lipinski definition) is 5. The predicted molar refractivity (Wildman–Crippen MR) is 73.8 cm³/mol. The van der Waals surface area contributed by atoms with Crippen molar-refractivity contribution in [2.45, 2.75) is 33.4 Å². The van der Waals surface area contributed by atoms with Crippen LogP contribution in [0.1, 0.15) is 26.3 Å². The second-order valence-corrected chi connectivity index (χ2v) is 4.26. The molecule has 102 valence electrons. The van der Waals surface area contributed by atoms with Crippen molar-refractivity contribution < 1.29 is 4.74 Å². The number of likely N-dealkylation sites (N-methyl/N-ethyl adjacent to an activating group) is 1. The predicted octanol–water partition coefficient (Wildman–Crippen LogP) is 1.45. The van der Waals surface area contributed by atoms with E-state index in [0.29, 0.717) is 6.61 Å². The Hall–Kier alpha value is -1.20. The zero-order valence-corrected chi connectivity index (χ0v) is 11.8. The summed E-state index contributed by atoms with van der Waals surface area (Å²) in [5.74, 6) is 0.766. The molecular weight excluding hydrogens is 228 g/mol. The summed E-state index contributed by atoms with van der Waals surface area (Å²) in [6, 6.07) is 0.277. The molecule has 1 rings (SSSR count). The van der Waals surface area contributed by atoms with Gasteiger partial charge in [0.25, 0.3) is 0 Å². The summed E-state index contributed by atoms with van der Waals surface area (Å²) >= 11 is 0. The first kappa shape index (κ1) is 14.9. The van der Waals surface area contributed by atoms with E-state index in [1.54, 1.807) is 7.11 Å². The molecule has 0 bridgehead atoms. The van der Waals surface area contributed by atoms with Gasteiger partial charge in [0.15, 0.2) is 0 Å². The van der Waals surface area contributed by atoms with E-state index in [2.05, 4.69) is 41.0 Å². The van der Waals surface area contributed by atoms with Gasteiger partial charge in [-0.15, -0.1) is 0 Å². The van der Waals surface area contributed by atoms with E-state index < -0.39 is 0 Å². The second-order valence-electron chi connectivity index (χ2n) is 4.26. The number of nitrogens with one attached hydrogen (secondary N) is 1. The van der Waals surface area contributed by atoms with Crippen LogP contribution in [0.3, 0.4) is 0 Å². The van der Waals surface area contributed by atoms with Crippen LogP contribution >= 0.6 is 0 Å². The molecule has 18 heavy (non-hydrogen) atoms. The van der Waals surface area contributed by atoms with E-state index in [0.717, 1.165) is 31.1 Å². The lowest BCUT2D eigenvalue weighted by Gasteiger charge is -2.27. The van der Waals surface area contributed by atoms with E-state index in [4.69, 9.17) is 4.74 Å². The number of hydrogen-bond donors (Lipinski definition) is 1. The maximum atomic E-state index is 5.18. The number of nitrogens with zero attached hydrogens (tertiary/aromatic N) is 3. The van der Waals surface area contributed by atoms with Crippen molar-refractivity contribution in [3.63, 3.8) is 0 Å². The number of methoxy groups -OCH3 is 1. The second kappa shape index (κ2) is 8.00. The molecule has 0 spiro atoms. The lowest BCUT2D eigenvalue weighted by molar-refractivity contribution is 0.181. The maximum absolute atomic E-state index is 5.18. The summed E-state index contributed by atoms with van der Waals surface area (Å²) in [4.78, 5) is 11.0. The molecule has 0 saturated carbocycles. The molecule has 0 radical (unpaired) electrons. The molecule has 1 aromatic rings. The summed E-state index contributed by atoms with van der Waals surface area (Å²) < 4.78 is 5.18. The molecule has 1 unspecified atom stereocenters. The van der Waals surface area contributed by atoms with Crippen LogP contribution in [0.2, 0.25) is 0 Å². The van der Waals surface area contributed by atoms with Gasteiger partial charge in [-0.1, -0.05) is 6.92 Å². The lowest BCUT2D eigenvalue weighted by Crippen LogP contribution is -2.37. The molecule has 0 fully saturated rings. The summed E-state index contributed by atoms with van der Waals surface area (Å²) in [6.07, 6.45) is 3.76. The number of ether oxygens (including phenoxy) is 1. The summed E-state index contributed by atoms with van der Waals surface area (Å²) in [7, 11) is 1.71. The third kappa shape index (κ3) is 4.23. The summed E-state index contributed by atoms with van der Waals surface area (Å²) in [5, 5.41) is 3.26. The molecule has 5 nitrogen and oxygen atoms in total. The van der Waals surface area contributed by atoms with Crippen LogP contribution in [0.5, 0.6) is 0 Å². The third-order valence-electron chi connectivity index (χ3n) is 2.81. The van der Waals surface area contributed by atoms with Crippen LogP contribution in [-0.2, 0) is 11.3 Å². The van der Waals surface area contributed by atoms with Gasteiger partial charge < -0.3 is 15.0 Å². The smallest absolute Gasteiger partial charge is 0.225 e. The molecule has 0 saturated heterocycles. The molecule has 0 aromatic carbocycles.